The number of aromatic nitrogens is 2. The number of anilines is 3. The first kappa shape index (κ1) is 29.2. The highest BCUT2D eigenvalue weighted by atomic mass is 35.5. The van der Waals surface area contributed by atoms with Crippen LogP contribution >= 0.6 is 11.6 Å². The van der Waals surface area contributed by atoms with Crippen LogP contribution in [0.15, 0.2) is 77.8 Å². The zero-order valence-electron chi connectivity index (χ0n) is 22.4. The standard InChI is InChI=1S/C23H21ClFN5O2.C6H6O3S/c1-29-21-16(11-27-29)12-30(20-7-6-17(24)9-19(20)28-21)23(32)14-4-5-15(18(25)8-14)10-26-22(31)13-2-3-13;7-10(8,9)6-4-2-1-3-5-6/h4-9,11,13,28H,2-3,10,12H2,1H3,(H,26,31);1-5H,(H,7,8,9). The molecular formula is C29H27ClFN5O5S. The quantitative estimate of drug-likeness (QED) is 0.268. The van der Waals surface area contributed by atoms with E-state index in [0.29, 0.717) is 22.0 Å². The van der Waals surface area contributed by atoms with Crippen LogP contribution in [0.5, 0.6) is 0 Å². The minimum Gasteiger partial charge on any atom is -0.352 e. The van der Waals surface area contributed by atoms with E-state index in [0.717, 1.165) is 24.2 Å². The number of rotatable bonds is 5. The third-order valence-electron chi connectivity index (χ3n) is 6.83. The smallest absolute Gasteiger partial charge is 0.294 e. The Kier molecular flexibility index (Phi) is 8.30. The molecule has 218 valence electrons. The van der Waals surface area contributed by atoms with Gasteiger partial charge in [-0.1, -0.05) is 35.9 Å². The summed E-state index contributed by atoms with van der Waals surface area (Å²) in [7, 11) is -2.19. The molecule has 0 spiro atoms. The van der Waals surface area contributed by atoms with Gasteiger partial charge in [0.2, 0.25) is 5.91 Å². The van der Waals surface area contributed by atoms with Crippen molar-refractivity contribution in [3.05, 3.63) is 100 Å². The van der Waals surface area contributed by atoms with E-state index in [1.807, 2.05) is 7.05 Å². The van der Waals surface area contributed by atoms with Gasteiger partial charge in [0.25, 0.3) is 16.0 Å². The average molecular weight is 612 g/mol. The largest absolute Gasteiger partial charge is 0.352 e. The third-order valence-corrected chi connectivity index (χ3v) is 7.94. The van der Waals surface area contributed by atoms with Gasteiger partial charge < -0.3 is 15.5 Å². The fraction of sp³-hybridized carbons (Fsp3) is 0.207. The molecule has 6 rings (SSSR count). The lowest BCUT2D eigenvalue weighted by Crippen LogP contribution is -2.30. The molecule has 2 aliphatic rings. The number of aryl methyl sites for hydroxylation is 1. The number of hydrogen-bond donors (Lipinski definition) is 3. The van der Waals surface area contributed by atoms with Crippen molar-refractivity contribution in [2.24, 2.45) is 13.0 Å². The van der Waals surface area contributed by atoms with Gasteiger partial charge in [0.15, 0.2) is 0 Å². The average Bonchev–Trinajstić information content (AvgIpc) is 3.78. The number of benzene rings is 3. The van der Waals surface area contributed by atoms with Gasteiger partial charge in [-0.15, -0.1) is 0 Å². The molecule has 0 saturated heterocycles. The summed E-state index contributed by atoms with van der Waals surface area (Å²) < 4.78 is 45.7. The Hall–Kier alpha value is -4.26. The predicted octanol–water partition coefficient (Wildman–Crippen LogP) is 5.08. The number of hydrogen-bond acceptors (Lipinski definition) is 6. The first-order valence-electron chi connectivity index (χ1n) is 13.0. The zero-order chi connectivity index (χ0) is 30.0. The Morgan fingerprint density at radius 1 is 1.12 bits per heavy atom. The molecule has 3 N–H and O–H groups in total. The second-order valence-electron chi connectivity index (χ2n) is 9.91. The van der Waals surface area contributed by atoms with Crippen LogP contribution in [-0.2, 0) is 35.0 Å². The maximum absolute atomic E-state index is 14.8. The molecule has 1 aliphatic heterocycles. The minimum atomic E-state index is -4.00. The van der Waals surface area contributed by atoms with Crippen LogP contribution in [0.25, 0.3) is 0 Å². The van der Waals surface area contributed by atoms with Crippen molar-refractivity contribution in [1.82, 2.24) is 15.1 Å². The highest BCUT2D eigenvalue weighted by Gasteiger charge is 2.30. The summed E-state index contributed by atoms with van der Waals surface area (Å²) in [6, 6.07) is 17.0. The molecule has 42 heavy (non-hydrogen) atoms. The molecule has 0 unspecified atom stereocenters. The van der Waals surface area contributed by atoms with E-state index < -0.39 is 15.9 Å². The topological polar surface area (TPSA) is 134 Å². The van der Waals surface area contributed by atoms with Crippen LogP contribution in [0, 0.1) is 11.7 Å². The molecule has 13 heteroatoms. The molecule has 1 fully saturated rings. The number of nitrogens with one attached hydrogen (secondary N) is 2. The van der Waals surface area contributed by atoms with Gasteiger partial charge in [-0.25, -0.2) is 4.39 Å². The lowest BCUT2D eigenvalue weighted by Gasteiger charge is -2.23. The van der Waals surface area contributed by atoms with Crippen LogP contribution in [0.4, 0.5) is 21.6 Å². The Bertz CT molecular complexity index is 1760. The predicted molar refractivity (Wildman–Crippen MR) is 156 cm³/mol. The van der Waals surface area contributed by atoms with Crippen molar-refractivity contribution in [3.8, 4) is 0 Å². The molecule has 1 aliphatic carbocycles. The fourth-order valence-electron chi connectivity index (χ4n) is 4.41. The van der Waals surface area contributed by atoms with Crippen LogP contribution in [-0.4, -0.2) is 34.6 Å². The van der Waals surface area contributed by atoms with Crippen LogP contribution in [0.1, 0.15) is 34.3 Å². The Morgan fingerprint density at radius 2 is 1.86 bits per heavy atom. The molecule has 0 atom stereocenters. The molecular weight excluding hydrogens is 585 g/mol. The molecule has 2 amide bonds. The summed E-state index contributed by atoms with van der Waals surface area (Å²) >= 11 is 6.18. The van der Waals surface area contributed by atoms with E-state index in [-0.39, 0.29) is 41.3 Å². The van der Waals surface area contributed by atoms with Gasteiger partial charge in [0, 0.05) is 41.2 Å². The van der Waals surface area contributed by atoms with Crippen LogP contribution < -0.4 is 15.5 Å². The number of nitrogens with zero attached hydrogens (tertiary/aromatic N) is 3. The number of carbonyl (C=O) groups is 2. The van der Waals surface area contributed by atoms with Gasteiger partial charge in [0.1, 0.15) is 11.6 Å². The minimum absolute atomic E-state index is 0.0517. The van der Waals surface area contributed by atoms with Crippen molar-refractivity contribution in [3.63, 3.8) is 0 Å². The lowest BCUT2D eigenvalue weighted by atomic mass is 10.1. The second-order valence-corrected chi connectivity index (χ2v) is 11.8. The first-order chi connectivity index (χ1) is 20.0. The molecule has 10 nitrogen and oxygen atoms in total. The first-order valence-corrected chi connectivity index (χ1v) is 14.8. The summed E-state index contributed by atoms with van der Waals surface area (Å²) in [5.41, 5.74) is 2.68. The summed E-state index contributed by atoms with van der Waals surface area (Å²) in [5, 5.41) is 10.8. The summed E-state index contributed by atoms with van der Waals surface area (Å²) in [6.45, 7) is 0.369. The third kappa shape index (κ3) is 6.62. The number of amides is 2. The van der Waals surface area contributed by atoms with Crippen molar-refractivity contribution in [2.75, 3.05) is 10.2 Å². The summed E-state index contributed by atoms with van der Waals surface area (Å²) in [6.07, 6.45) is 3.47. The number of halogens is 2. The van der Waals surface area contributed by atoms with Gasteiger partial charge in [0.05, 0.1) is 29.0 Å². The second kappa shape index (κ2) is 11.9. The van der Waals surface area contributed by atoms with Gasteiger partial charge >= 0.3 is 0 Å². The molecule has 1 saturated carbocycles. The fourth-order valence-corrected chi connectivity index (χ4v) is 5.09. The van der Waals surface area contributed by atoms with E-state index in [1.54, 1.807) is 64.3 Å². The molecule has 4 aromatic rings. The van der Waals surface area contributed by atoms with Crippen LogP contribution in [0.2, 0.25) is 5.02 Å². The lowest BCUT2D eigenvalue weighted by molar-refractivity contribution is -0.122. The molecule has 0 radical (unpaired) electrons. The number of carbonyl (C=O) groups excluding carboxylic acids is 2. The van der Waals surface area contributed by atoms with Gasteiger partial charge in [-0.05, 0) is 55.3 Å². The SMILES string of the molecule is Cn1ncc2c1Nc1cc(Cl)ccc1N(C(=O)c1ccc(CNC(=O)C3CC3)c(F)c1)C2.O=S(=O)(O)c1ccccc1. The van der Waals surface area contributed by atoms with E-state index in [2.05, 4.69) is 15.7 Å². The Balaban J connectivity index is 0.000000300. The normalized spacial score (nSPS) is 14.0. The van der Waals surface area contributed by atoms with E-state index in [4.69, 9.17) is 16.2 Å². The maximum Gasteiger partial charge on any atom is 0.294 e. The molecule has 0 bridgehead atoms. The van der Waals surface area contributed by atoms with Crippen molar-refractivity contribution >= 4 is 50.7 Å². The maximum atomic E-state index is 14.8. The molecule has 2 heterocycles. The van der Waals surface area contributed by atoms with Crippen molar-refractivity contribution in [2.45, 2.75) is 30.8 Å². The summed E-state index contributed by atoms with van der Waals surface area (Å²) in [4.78, 5) is 26.8. The molecule has 3 aromatic carbocycles. The zero-order valence-corrected chi connectivity index (χ0v) is 24.0. The van der Waals surface area contributed by atoms with Crippen LogP contribution in [0.3, 0.4) is 0 Å². The Labute approximate surface area is 246 Å². The van der Waals surface area contributed by atoms with E-state index in [9.17, 15) is 22.4 Å². The van der Waals surface area contributed by atoms with Crippen molar-refractivity contribution < 1.29 is 27.0 Å². The summed E-state index contributed by atoms with van der Waals surface area (Å²) in [5.74, 6) is -0.111. The molecule has 1 aromatic heterocycles. The highest BCUT2D eigenvalue weighted by Crippen LogP contribution is 2.38. The monoisotopic (exact) mass is 611 g/mol. The number of fused-ring (bicyclic) bond motifs is 2. The van der Waals surface area contributed by atoms with Gasteiger partial charge in [-0.2, -0.15) is 13.5 Å². The van der Waals surface area contributed by atoms with Crippen molar-refractivity contribution in [1.29, 1.82) is 0 Å². The van der Waals surface area contributed by atoms with E-state index >= 15 is 0 Å². The van der Waals surface area contributed by atoms with E-state index in [1.165, 1.54) is 18.2 Å². The van der Waals surface area contributed by atoms with Gasteiger partial charge in [-0.3, -0.25) is 18.8 Å². The Morgan fingerprint density at radius 3 is 2.50 bits per heavy atom. The highest BCUT2D eigenvalue weighted by molar-refractivity contribution is 7.85.